The molecular weight excluding hydrogens is 214 g/mol. The maximum atomic E-state index is 9.44. The minimum absolute atomic E-state index is 0.0507. The van der Waals surface area contributed by atoms with Crippen LogP contribution in [0.3, 0.4) is 0 Å². The first-order valence-corrected chi connectivity index (χ1v) is 6.68. The summed E-state index contributed by atoms with van der Waals surface area (Å²) in [6.45, 7) is 5.00. The number of nitrogens with zero attached hydrogens (tertiary/aromatic N) is 2. The summed E-state index contributed by atoms with van der Waals surface area (Å²) in [5, 5.41) is 12.9. The van der Waals surface area contributed by atoms with Crippen molar-refractivity contribution < 1.29 is 5.11 Å². The van der Waals surface area contributed by atoms with Crippen molar-refractivity contribution in [2.75, 3.05) is 6.54 Å². The number of aliphatic hydroxyl groups is 1. The number of aryl methyl sites for hydroxylation is 1. The number of imidazole rings is 1. The molecule has 0 aromatic carbocycles. The molecule has 2 rings (SSSR count). The molecule has 96 valence electrons. The van der Waals surface area contributed by atoms with Gasteiger partial charge in [-0.15, -0.1) is 0 Å². The highest BCUT2D eigenvalue weighted by Crippen LogP contribution is 2.23. The number of aromatic nitrogens is 2. The van der Waals surface area contributed by atoms with Gasteiger partial charge in [-0.3, -0.25) is 0 Å². The molecule has 1 fully saturated rings. The fourth-order valence-electron chi connectivity index (χ4n) is 2.53. The van der Waals surface area contributed by atoms with Crippen LogP contribution in [0.25, 0.3) is 0 Å². The third-order valence-electron chi connectivity index (χ3n) is 3.67. The van der Waals surface area contributed by atoms with Crippen LogP contribution in [0.2, 0.25) is 0 Å². The molecule has 1 saturated carbocycles. The first kappa shape index (κ1) is 12.6. The van der Waals surface area contributed by atoms with Crippen LogP contribution in [0.1, 0.15) is 38.4 Å². The molecule has 0 unspecified atom stereocenters. The van der Waals surface area contributed by atoms with Crippen LogP contribution >= 0.6 is 0 Å². The Morgan fingerprint density at radius 3 is 2.88 bits per heavy atom. The van der Waals surface area contributed by atoms with Gasteiger partial charge in [0, 0.05) is 18.9 Å². The molecule has 1 heterocycles. The van der Waals surface area contributed by atoms with E-state index in [4.69, 9.17) is 0 Å². The van der Waals surface area contributed by atoms with Crippen molar-refractivity contribution >= 4 is 0 Å². The number of hydrogen-bond donors (Lipinski definition) is 2. The first-order chi connectivity index (χ1) is 8.29. The SMILES string of the molecule is CCn1ccnc1CNCC1CCC(O)CC1. The second kappa shape index (κ2) is 6.17. The molecule has 1 aliphatic carbocycles. The van der Waals surface area contributed by atoms with Gasteiger partial charge in [-0.25, -0.2) is 4.98 Å². The third-order valence-corrected chi connectivity index (χ3v) is 3.67. The fraction of sp³-hybridized carbons (Fsp3) is 0.769. The van der Waals surface area contributed by atoms with E-state index in [1.807, 2.05) is 12.4 Å². The van der Waals surface area contributed by atoms with Crippen molar-refractivity contribution in [2.24, 2.45) is 5.92 Å². The van der Waals surface area contributed by atoms with E-state index in [-0.39, 0.29) is 6.10 Å². The largest absolute Gasteiger partial charge is 0.393 e. The minimum atomic E-state index is -0.0507. The summed E-state index contributed by atoms with van der Waals surface area (Å²) < 4.78 is 2.16. The molecule has 0 spiro atoms. The lowest BCUT2D eigenvalue weighted by Gasteiger charge is -2.25. The monoisotopic (exact) mass is 237 g/mol. The zero-order valence-corrected chi connectivity index (χ0v) is 10.6. The van der Waals surface area contributed by atoms with E-state index >= 15 is 0 Å². The third kappa shape index (κ3) is 3.54. The molecule has 17 heavy (non-hydrogen) atoms. The highest BCUT2D eigenvalue weighted by molar-refractivity contribution is 4.91. The Morgan fingerprint density at radius 2 is 2.18 bits per heavy atom. The van der Waals surface area contributed by atoms with E-state index < -0.39 is 0 Å². The van der Waals surface area contributed by atoms with E-state index in [2.05, 4.69) is 21.8 Å². The van der Waals surface area contributed by atoms with E-state index in [1.54, 1.807) is 0 Å². The maximum Gasteiger partial charge on any atom is 0.122 e. The Kier molecular flexibility index (Phi) is 4.57. The average Bonchev–Trinajstić information content (AvgIpc) is 2.79. The standard InChI is InChI=1S/C13H23N3O/c1-2-16-8-7-15-13(16)10-14-9-11-3-5-12(17)6-4-11/h7-8,11-12,14,17H,2-6,9-10H2,1H3. The van der Waals surface area contributed by atoms with E-state index in [9.17, 15) is 5.11 Å². The van der Waals surface area contributed by atoms with Gasteiger partial charge < -0.3 is 15.0 Å². The second-order valence-electron chi connectivity index (χ2n) is 4.93. The maximum absolute atomic E-state index is 9.44. The van der Waals surface area contributed by atoms with Crippen molar-refractivity contribution in [3.05, 3.63) is 18.2 Å². The molecule has 0 saturated heterocycles. The molecule has 0 bridgehead atoms. The van der Waals surface area contributed by atoms with Gasteiger partial charge in [0.15, 0.2) is 0 Å². The topological polar surface area (TPSA) is 50.1 Å². The Balaban J connectivity index is 1.69. The fourth-order valence-corrected chi connectivity index (χ4v) is 2.53. The van der Waals surface area contributed by atoms with Crippen LogP contribution in [0, 0.1) is 5.92 Å². The van der Waals surface area contributed by atoms with Crippen molar-refractivity contribution in [3.63, 3.8) is 0 Å². The quantitative estimate of drug-likeness (QED) is 0.817. The van der Waals surface area contributed by atoms with Crippen LogP contribution in [-0.2, 0) is 13.1 Å². The molecule has 4 heteroatoms. The average molecular weight is 237 g/mol. The Morgan fingerprint density at radius 1 is 1.41 bits per heavy atom. The number of rotatable bonds is 5. The summed E-state index contributed by atoms with van der Waals surface area (Å²) in [7, 11) is 0. The first-order valence-electron chi connectivity index (χ1n) is 6.68. The molecule has 0 atom stereocenters. The number of hydrogen-bond acceptors (Lipinski definition) is 3. The molecule has 1 aliphatic rings. The zero-order chi connectivity index (χ0) is 12.1. The van der Waals surface area contributed by atoms with Crippen LogP contribution in [0.5, 0.6) is 0 Å². The summed E-state index contributed by atoms with van der Waals surface area (Å²) in [6.07, 6.45) is 8.06. The van der Waals surface area contributed by atoms with Gasteiger partial charge in [0.05, 0.1) is 12.6 Å². The summed E-state index contributed by atoms with van der Waals surface area (Å²) in [4.78, 5) is 4.34. The Hall–Kier alpha value is -0.870. The van der Waals surface area contributed by atoms with Crippen LogP contribution in [0.4, 0.5) is 0 Å². The molecule has 0 radical (unpaired) electrons. The van der Waals surface area contributed by atoms with E-state index in [0.717, 1.165) is 57.1 Å². The number of nitrogens with one attached hydrogen (secondary N) is 1. The lowest BCUT2D eigenvalue weighted by Crippen LogP contribution is -2.28. The van der Waals surface area contributed by atoms with Gasteiger partial charge in [-0.05, 0) is 45.1 Å². The molecular formula is C13H23N3O. The molecule has 1 aromatic rings. The lowest BCUT2D eigenvalue weighted by atomic mass is 9.87. The summed E-state index contributed by atoms with van der Waals surface area (Å²) in [5.41, 5.74) is 0. The zero-order valence-electron chi connectivity index (χ0n) is 10.6. The highest BCUT2D eigenvalue weighted by Gasteiger charge is 2.18. The summed E-state index contributed by atoms with van der Waals surface area (Å²) in [6, 6.07) is 0. The van der Waals surface area contributed by atoms with Gasteiger partial charge in [0.2, 0.25) is 0 Å². The van der Waals surface area contributed by atoms with Crippen LogP contribution < -0.4 is 5.32 Å². The Bertz CT molecular complexity index is 329. The molecule has 0 amide bonds. The van der Waals surface area contributed by atoms with Gasteiger partial charge >= 0.3 is 0 Å². The second-order valence-corrected chi connectivity index (χ2v) is 4.93. The van der Waals surface area contributed by atoms with E-state index in [1.165, 1.54) is 0 Å². The summed E-state index contributed by atoms with van der Waals surface area (Å²) >= 11 is 0. The van der Waals surface area contributed by atoms with Gasteiger partial charge in [0.1, 0.15) is 5.82 Å². The van der Waals surface area contributed by atoms with Gasteiger partial charge in [-0.2, -0.15) is 0 Å². The van der Waals surface area contributed by atoms with Crippen LogP contribution in [0.15, 0.2) is 12.4 Å². The lowest BCUT2D eigenvalue weighted by molar-refractivity contribution is 0.108. The molecule has 4 nitrogen and oxygen atoms in total. The molecule has 2 N–H and O–H groups in total. The van der Waals surface area contributed by atoms with Crippen molar-refractivity contribution in [2.45, 2.75) is 51.8 Å². The Labute approximate surface area is 103 Å². The van der Waals surface area contributed by atoms with Crippen molar-refractivity contribution in [3.8, 4) is 0 Å². The highest BCUT2D eigenvalue weighted by atomic mass is 16.3. The number of aliphatic hydroxyl groups excluding tert-OH is 1. The molecule has 0 aliphatic heterocycles. The minimum Gasteiger partial charge on any atom is -0.393 e. The van der Waals surface area contributed by atoms with Gasteiger partial charge in [0.25, 0.3) is 0 Å². The van der Waals surface area contributed by atoms with Crippen LogP contribution in [-0.4, -0.2) is 27.3 Å². The summed E-state index contributed by atoms with van der Waals surface area (Å²) in [5.74, 6) is 1.84. The van der Waals surface area contributed by atoms with Crippen molar-refractivity contribution in [1.29, 1.82) is 0 Å². The molecule has 1 aromatic heterocycles. The normalized spacial score (nSPS) is 25.1. The predicted molar refractivity (Wildman–Crippen MR) is 67.6 cm³/mol. The van der Waals surface area contributed by atoms with E-state index in [0.29, 0.717) is 0 Å². The predicted octanol–water partition coefficient (Wildman–Crippen LogP) is 1.54. The smallest absolute Gasteiger partial charge is 0.122 e. The van der Waals surface area contributed by atoms with Crippen molar-refractivity contribution in [1.82, 2.24) is 14.9 Å². The van der Waals surface area contributed by atoms with Gasteiger partial charge in [-0.1, -0.05) is 0 Å².